The van der Waals surface area contributed by atoms with Gasteiger partial charge in [0.2, 0.25) is 0 Å². The Morgan fingerprint density at radius 3 is 2.84 bits per heavy atom. The minimum Gasteiger partial charge on any atom is -0.336 e. The molecule has 0 aliphatic heterocycles. The normalized spacial score (nSPS) is 18.7. The number of carbonyl (C=O) groups excluding carboxylic acids is 1. The maximum Gasteiger partial charge on any atom is 0.315 e. The molecule has 0 spiro atoms. The lowest BCUT2D eigenvalue weighted by molar-refractivity contribution is 0.219. The van der Waals surface area contributed by atoms with Crippen LogP contribution in [0.2, 0.25) is 0 Å². The zero-order valence-corrected chi connectivity index (χ0v) is 15.1. The maximum atomic E-state index is 13.6. The number of hydrogen-bond acceptors (Lipinski definition) is 2. The number of carbonyl (C=O) groups is 1. The summed E-state index contributed by atoms with van der Waals surface area (Å²) in [4.78, 5) is 12.2. The standard InChI is InChI=1S/C19H25FN4O/c1-12(2)22-18(25)23-16-9-19(3,4)10-17-15(16)11-21-24(17)14-7-5-6-13(20)8-14/h5-8,11-12,16H,9-10H2,1-4H3,(H2,22,23,25)/t16-/m0/s1. The van der Waals surface area contributed by atoms with Gasteiger partial charge in [0.05, 0.1) is 23.6 Å². The molecule has 3 rings (SSSR count). The third kappa shape index (κ3) is 3.83. The van der Waals surface area contributed by atoms with E-state index in [0.717, 1.165) is 24.1 Å². The second-order valence-corrected chi connectivity index (χ2v) is 7.81. The molecule has 2 N–H and O–H groups in total. The van der Waals surface area contributed by atoms with E-state index in [1.54, 1.807) is 16.9 Å². The highest BCUT2D eigenvalue weighted by atomic mass is 19.1. The number of amides is 2. The van der Waals surface area contributed by atoms with Crippen molar-refractivity contribution in [2.45, 2.75) is 52.6 Å². The fourth-order valence-corrected chi connectivity index (χ4v) is 3.46. The summed E-state index contributed by atoms with van der Waals surface area (Å²) in [5, 5.41) is 10.4. The van der Waals surface area contributed by atoms with Crippen LogP contribution in [0.15, 0.2) is 30.5 Å². The number of nitrogens with one attached hydrogen (secondary N) is 2. The second kappa shape index (κ2) is 6.50. The van der Waals surface area contributed by atoms with Gasteiger partial charge in [-0.05, 0) is 50.3 Å². The van der Waals surface area contributed by atoms with Crippen LogP contribution in [-0.4, -0.2) is 21.9 Å². The molecule has 1 aromatic carbocycles. The zero-order chi connectivity index (χ0) is 18.2. The molecule has 6 heteroatoms. The predicted molar refractivity (Wildman–Crippen MR) is 95.2 cm³/mol. The van der Waals surface area contributed by atoms with E-state index >= 15 is 0 Å². The van der Waals surface area contributed by atoms with Gasteiger partial charge in [0.1, 0.15) is 5.82 Å². The first-order valence-electron chi connectivity index (χ1n) is 8.65. The Morgan fingerprint density at radius 1 is 1.40 bits per heavy atom. The molecule has 0 saturated heterocycles. The van der Waals surface area contributed by atoms with Crippen LogP contribution in [0, 0.1) is 11.2 Å². The number of hydrogen-bond donors (Lipinski definition) is 2. The highest BCUT2D eigenvalue weighted by Crippen LogP contribution is 2.41. The van der Waals surface area contributed by atoms with Gasteiger partial charge in [-0.2, -0.15) is 5.10 Å². The number of aromatic nitrogens is 2. The Balaban J connectivity index is 1.95. The smallest absolute Gasteiger partial charge is 0.315 e. The quantitative estimate of drug-likeness (QED) is 0.891. The van der Waals surface area contributed by atoms with E-state index in [4.69, 9.17) is 0 Å². The topological polar surface area (TPSA) is 59.0 Å². The van der Waals surface area contributed by atoms with E-state index in [1.807, 2.05) is 19.9 Å². The largest absolute Gasteiger partial charge is 0.336 e. The molecular formula is C19H25FN4O. The fraction of sp³-hybridized carbons (Fsp3) is 0.474. The third-order valence-corrected chi connectivity index (χ3v) is 4.46. The van der Waals surface area contributed by atoms with Crippen molar-refractivity contribution in [3.63, 3.8) is 0 Å². The van der Waals surface area contributed by atoms with Crippen LogP contribution in [0.4, 0.5) is 9.18 Å². The van der Waals surface area contributed by atoms with Crippen molar-refractivity contribution in [2.24, 2.45) is 5.41 Å². The highest BCUT2D eigenvalue weighted by Gasteiger charge is 2.36. The molecule has 2 amide bonds. The molecule has 1 aliphatic rings. The van der Waals surface area contributed by atoms with Crippen LogP contribution < -0.4 is 10.6 Å². The molecule has 25 heavy (non-hydrogen) atoms. The Hall–Kier alpha value is -2.37. The molecule has 0 unspecified atom stereocenters. The van der Waals surface area contributed by atoms with Gasteiger partial charge < -0.3 is 10.6 Å². The van der Waals surface area contributed by atoms with Crippen molar-refractivity contribution in [2.75, 3.05) is 0 Å². The summed E-state index contributed by atoms with van der Waals surface area (Å²) in [6, 6.07) is 6.20. The van der Waals surface area contributed by atoms with Crippen molar-refractivity contribution in [3.8, 4) is 5.69 Å². The lowest BCUT2D eigenvalue weighted by atomic mass is 9.74. The van der Waals surface area contributed by atoms with Gasteiger partial charge in [0, 0.05) is 11.6 Å². The first-order valence-corrected chi connectivity index (χ1v) is 8.65. The average Bonchev–Trinajstić information content (AvgIpc) is 2.88. The van der Waals surface area contributed by atoms with Gasteiger partial charge in [0.25, 0.3) is 0 Å². The molecule has 2 aromatic rings. The number of halogens is 1. The molecule has 1 aliphatic carbocycles. The Labute approximate surface area is 147 Å². The van der Waals surface area contributed by atoms with Crippen LogP contribution in [0.1, 0.15) is 51.4 Å². The number of fused-ring (bicyclic) bond motifs is 1. The Morgan fingerprint density at radius 2 is 2.16 bits per heavy atom. The van der Waals surface area contributed by atoms with Gasteiger partial charge in [-0.25, -0.2) is 13.9 Å². The van der Waals surface area contributed by atoms with Gasteiger partial charge in [0.15, 0.2) is 0 Å². The van der Waals surface area contributed by atoms with Gasteiger partial charge in [-0.3, -0.25) is 0 Å². The molecular weight excluding hydrogens is 319 g/mol. The molecule has 1 heterocycles. The second-order valence-electron chi connectivity index (χ2n) is 7.81. The molecule has 5 nitrogen and oxygen atoms in total. The molecule has 0 saturated carbocycles. The third-order valence-electron chi connectivity index (χ3n) is 4.46. The lowest BCUT2D eigenvalue weighted by Crippen LogP contribution is -2.44. The molecule has 1 atom stereocenters. The summed E-state index contributed by atoms with van der Waals surface area (Å²) >= 11 is 0. The van der Waals surface area contributed by atoms with Crippen molar-refractivity contribution >= 4 is 6.03 Å². The first-order chi connectivity index (χ1) is 11.7. The Bertz CT molecular complexity index is 781. The summed E-state index contributed by atoms with van der Waals surface area (Å²) in [5.74, 6) is -0.289. The van der Waals surface area contributed by atoms with E-state index in [1.165, 1.54) is 12.1 Å². The SMILES string of the molecule is CC(C)NC(=O)N[C@H]1CC(C)(C)Cc2c1cnn2-c1cccc(F)c1. The summed E-state index contributed by atoms with van der Waals surface area (Å²) in [7, 11) is 0. The number of benzene rings is 1. The van der Waals surface area contributed by atoms with Crippen LogP contribution in [-0.2, 0) is 6.42 Å². The van der Waals surface area contributed by atoms with E-state index < -0.39 is 0 Å². The number of nitrogens with zero attached hydrogens (tertiary/aromatic N) is 2. The van der Waals surface area contributed by atoms with E-state index in [9.17, 15) is 9.18 Å². The number of rotatable bonds is 3. The summed E-state index contributed by atoms with van der Waals surface area (Å²) < 4.78 is 15.4. The zero-order valence-electron chi connectivity index (χ0n) is 15.1. The Kier molecular flexibility index (Phi) is 4.54. The monoisotopic (exact) mass is 344 g/mol. The van der Waals surface area contributed by atoms with Gasteiger partial charge in [-0.1, -0.05) is 19.9 Å². The van der Waals surface area contributed by atoms with E-state index in [0.29, 0.717) is 5.69 Å². The van der Waals surface area contributed by atoms with Crippen molar-refractivity contribution < 1.29 is 9.18 Å². The lowest BCUT2D eigenvalue weighted by Gasteiger charge is -2.36. The van der Waals surface area contributed by atoms with Crippen LogP contribution >= 0.6 is 0 Å². The molecule has 1 aromatic heterocycles. The van der Waals surface area contributed by atoms with Crippen molar-refractivity contribution in [1.29, 1.82) is 0 Å². The van der Waals surface area contributed by atoms with Crippen molar-refractivity contribution in [1.82, 2.24) is 20.4 Å². The maximum absolute atomic E-state index is 13.6. The van der Waals surface area contributed by atoms with Gasteiger partial charge in [-0.15, -0.1) is 0 Å². The van der Waals surface area contributed by atoms with Crippen LogP contribution in [0.3, 0.4) is 0 Å². The number of urea groups is 1. The predicted octanol–water partition coefficient (Wildman–Crippen LogP) is 3.73. The first kappa shape index (κ1) is 17.5. The minimum atomic E-state index is -0.289. The molecule has 0 fully saturated rings. The van der Waals surface area contributed by atoms with Crippen LogP contribution in [0.25, 0.3) is 5.69 Å². The summed E-state index contributed by atoms with van der Waals surface area (Å²) in [6.07, 6.45) is 3.44. The highest BCUT2D eigenvalue weighted by molar-refractivity contribution is 5.74. The van der Waals surface area contributed by atoms with E-state index in [-0.39, 0.29) is 29.3 Å². The summed E-state index contributed by atoms with van der Waals surface area (Å²) in [5.41, 5.74) is 2.73. The molecule has 0 bridgehead atoms. The van der Waals surface area contributed by atoms with E-state index in [2.05, 4.69) is 29.6 Å². The summed E-state index contributed by atoms with van der Waals surface area (Å²) in [6.45, 7) is 8.21. The van der Waals surface area contributed by atoms with Crippen LogP contribution in [0.5, 0.6) is 0 Å². The molecule has 0 radical (unpaired) electrons. The van der Waals surface area contributed by atoms with Gasteiger partial charge >= 0.3 is 6.03 Å². The average molecular weight is 344 g/mol. The van der Waals surface area contributed by atoms with Crippen molar-refractivity contribution in [3.05, 3.63) is 47.5 Å². The molecule has 134 valence electrons. The fourth-order valence-electron chi connectivity index (χ4n) is 3.46. The minimum absolute atomic E-state index is 0.00782.